The van der Waals surface area contributed by atoms with Crippen molar-refractivity contribution in [2.24, 2.45) is 5.10 Å². The van der Waals surface area contributed by atoms with Gasteiger partial charge in [0, 0.05) is 18.0 Å². The monoisotopic (exact) mass is 627 g/mol. The van der Waals surface area contributed by atoms with E-state index in [2.05, 4.69) is 5.10 Å². The van der Waals surface area contributed by atoms with E-state index in [9.17, 15) is 31.1 Å². The number of carbonyl (C=O) groups is 1. The molecule has 220 valence electrons. The lowest BCUT2D eigenvalue weighted by atomic mass is 9.76. The number of alkyl halides is 6. The van der Waals surface area contributed by atoms with E-state index in [-0.39, 0.29) is 6.54 Å². The first-order valence-corrected chi connectivity index (χ1v) is 12.9. The van der Waals surface area contributed by atoms with Gasteiger partial charge in [-0.3, -0.25) is 9.58 Å². The predicted molar refractivity (Wildman–Crippen MR) is 148 cm³/mol. The van der Waals surface area contributed by atoms with Crippen LogP contribution in [-0.4, -0.2) is 28.0 Å². The van der Waals surface area contributed by atoms with Crippen LogP contribution in [0.1, 0.15) is 29.2 Å². The first-order valence-electron chi connectivity index (χ1n) is 12.1. The molecule has 3 aromatic carbocycles. The molecule has 0 bridgehead atoms. The minimum Gasteiger partial charge on any atom is -0.464 e. The number of benzene rings is 3. The Kier molecular flexibility index (Phi) is 8.65. The Hall–Kier alpha value is -3.96. The van der Waals surface area contributed by atoms with Crippen molar-refractivity contribution < 1.29 is 36.2 Å². The fourth-order valence-corrected chi connectivity index (χ4v) is 5.02. The van der Waals surface area contributed by atoms with Crippen molar-refractivity contribution >= 4 is 40.7 Å². The quantitative estimate of drug-likeness (QED) is 0.230. The van der Waals surface area contributed by atoms with Gasteiger partial charge in [0.05, 0.1) is 44.5 Å². The van der Waals surface area contributed by atoms with E-state index in [0.717, 1.165) is 22.3 Å². The molecule has 0 radical (unpaired) electrons. The van der Waals surface area contributed by atoms with E-state index in [1.165, 1.54) is 41.7 Å². The summed E-state index contributed by atoms with van der Waals surface area (Å²) in [7, 11) is 0. The highest BCUT2D eigenvalue weighted by molar-refractivity contribution is 6.32. The number of halogens is 8. The molecular formula is C29H21Cl2F6N3O2. The first-order chi connectivity index (χ1) is 19.6. The highest BCUT2D eigenvalue weighted by atomic mass is 35.5. The van der Waals surface area contributed by atoms with E-state index in [1.54, 1.807) is 12.1 Å². The molecule has 1 aromatic heterocycles. The molecule has 1 atom stereocenters. The molecule has 42 heavy (non-hydrogen) atoms. The highest BCUT2D eigenvalue weighted by Crippen LogP contribution is 2.42. The smallest absolute Gasteiger partial charge is 0.417 e. The molecule has 1 N–H and O–H groups in total. The van der Waals surface area contributed by atoms with Crippen molar-refractivity contribution in [3.8, 4) is 0 Å². The van der Waals surface area contributed by atoms with Crippen molar-refractivity contribution in [2.45, 2.75) is 24.7 Å². The molecule has 5 rings (SSSR count). The van der Waals surface area contributed by atoms with Crippen LogP contribution in [0, 0.1) is 0 Å². The average molecular weight is 628 g/mol. The summed E-state index contributed by atoms with van der Waals surface area (Å²) in [5.41, 5.74) is -0.820. The lowest BCUT2D eigenvalue weighted by Gasteiger charge is -2.28. The van der Waals surface area contributed by atoms with Gasteiger partial charge < -0.3 is 5.11 Å². The molecule has 0 aliphatic carbocycles. The second-order valence-electron chi connectivity index (χ2n) is 9.43. The number of rotatable bonds is 3. The fourth-order valence-electron chi connectivity index (χ4n) is 4.45. The van der Waals surface area contributed by atoms with E-state index in [4.69, 9.17) is 28.3 Å². The summed E-state index contributed by atoms with van der Waals surface area (Å²) in [6.07, 6.45) is -7.22. The van der Waals surface area contributed by atoms with Crippen LogP contribution in [0.5, 0.6) is 0 Å². The summed E-state index contributed by atoms with van der Waals surface area (Å²) in [5.74, 6) is 0. The number of carboxylic acid groups (broad SMARTS) is 1. The molecule has 0 saturated carbocycles. The Balaban J connectivity index is 0.000000437. The molecule has 1 aliphatic heterocycles. The number of anilines is 1. The molecule has 0 amide bonds. The molecule has 13 heteroatoms. The average Bonchev–Trinajstić information content (AvgIpc) is 3.57. The van der Waals surface area contributed by atoms with Gasteiger partial charge in [0.1, 0.15) is 0 Å². The molecule has 5 nitrogen and oxygen atoms in total. The van der Waals surface area contributed by atoms with Gasteiger partial charge in [0.15, 0.2) is 0 Å². The third-order valence-corrected chi connectivity index (χ3v) is 7.18. The van der Waals surface area contributed by atoms with E-state index < -0.39 is 45.0 Å². The zero-order chi connectivity index (χ0) is 30.9. The highest BCUT2D eigenvalue weighted by Gasteiger charge is 2.42. The summed E-state index contributed by atoms with van der Waals surface area (Å²) in [6.45, 7) is 2.07. The molecule has 0 saturated heterocycles. The molecular weight excluding hydrogens is 607 g/mol. The Bertz CT molecular complexity index is 1610. The molecule has 0 spiro atoms. The van der Waals surface area contributed by atoms with Crippen LogP contribution in [-0.2, 0) is 17.8 Å². The minimum atomic E-state index is -4.61. The molecule has 0 fully saturated rings. The third kappa shape index (κ3) is 6.57. The van der Waals surface area contributed by atoms with Crippen LogP contribution < -0.4 is 5.01 Å². The van der Waals surface area contributed by atoms with Crippen LogP contribution in [0.3, 0.4) is 0 Å². The Labute approximate surface area is 246 Å². The van der Waals surface area contributed by atoms with Gasteiger partial charge >= 0.3 is 18.4 Å². The number of hydrazone groups is 1. The molecule has 2 heterocycles. The minimum absolute atomic E-state index is 0.215. The number of aromatic nitrogens is 1. The Morgan fingerprint density at radius 1 is 0.833 bits per heavy atom. The third-order valence-electron chi connectivity index (χ3n) is 6.55. The van der Waals surface area contributed by atoms with Gasteiger partial charge in [-0.1, -0.05) is 59.6 Å². The Morgan fingerprint density at radius 3 is 1.86 bits per heavy atom. The summed E-state index contributed by atoms with van der Waals surface area (Å²) >= 11 is 11.8. The van der Waals surface area contributed by atoms with Gasteiger partial charge in [0.25, 0.3) is 0 Å². The van der Waals surface area contributed by atoms with Gasteiger partial charge in [-0.2, -0.15) is 31.4 Å². The largest absolute Gasteiger partial charge is 0.464 e. The summed E-state index contributed by atoms with van der Waals surface area (Å²) < 4.78 is 80.0. The maximum atomic E-state index is 13.2. The maximum Gasteiger partial charge on any atom is 0.417 e. The van der Waals surface area contributed by atoms with Gasteiger partial charge in [-0.15, -0.1) is 0 Å². The second kappa shape index (κ2) is 11.7. The van der Waals surface area contributed by atoms with Crippen molar-refractivity contribution in [3.63, 3.8) is 0 Å². The van der Waals surface area contributed by atoms with Gasteiger partial charge in [0.2, 0.25) is 0 Å². The summed E-state index contributed by atoms with van der Waals surface area (Å²) in [6, 6.07) is 19.2. The maximum absolute atomic E-state index is 13.2. The Morgan fingerprint density at radius 2 is 1.38 bits per heavy atom. The molecule has 1 aliphatic rings. The summed E-state index contributed by atoms with van der Waals surface area (Å²) in [5, 5.41) is 13.4. The van der Waals surface area contributed by atoms with Crippen molar-refractivity contribution in [2.75, 3.05) is 11.6 Å². The topological polar surface area (TPSA) is 57.8 Å². The second-order valence-corrected chi connectivity index (χ2v) is 10.2. The number of hydrogen-bond acceptors (Lipinski definition) is 3. The number of hydrogen-bond donors (Lipinski definition) is 1. The van der Waals surface area contributed by atoms with E-state index >= 15 is 0 Å². The normalized spacial score (nSPS) is 17.0. The van der Waals surface area contributed by atoms with Crippen LogP contribution in [0.15, 0.2) is 96.4 Å². The standard InChI is InChI=1S/C24H16Cl2F6N2.C5H5NO2/c1-22(15-5-3-2-4-6-15)13-34(16-8-10-18(20(26)12-16)24(30,31)32)33-21(22)14-7-9-17(19(25)11-14)23(27,28)29;7-5(8)6-3-1-2-4-6/h2-12H,13H2,1H3;1-4H,(H,7,8). The van der Waals surface area contributed by atoms with Crippen molar-refractivity contribution in [1.82, 2.24) is 4.57 Å². The van der Waals surface area contributed by atoms with E-state index in [0.29, 0.717) is 17.0 Å². The molecule has 4 aromatic rings. The van der Waals surface area contributed by atoms with Crippen LogP contribution in [0.25, 0.3) is 0 Å². The van der Waals surface area contributed by atoms with Gasteiger partial charge in [-0.05, 0) is 55.0 Å². The van der Waals surface area contributed by atoms with Crippen molar-refractivity contribution in [3.05, 3.63) is 124 Å². The zero-order valence-electron chi connectivity index (χ0n) is 21.6. The number of nitrogens with zero attached hydrogens (tertiary/aromatic N) is 3. The van der Waals surface area contributed by atoms with Crippen LogP contribution >= 0.6 is 23.2 Å². The first kappa shape index (κ1) is 31.0. The fraction of sp³-hybridized carbons (Fsp3) is 0.172. The molecule has 1 unspecified atom stereocenters. The van der Waals surface area contributed by atoms with Crippen LogP contribution in [0.4, 0.5) is 36.8 Å². The lowest BCUT2D eigenvalue weighted by molar-refractivity contribution is -0.138. The van der Waals surface area contributed by atoms with E-state index in [1.807, 2.05) is 37.3 Å². The van der Waals surface area contributed by atoms with Crippen LogP contribution in [0.2, 0.25) is 10.0 Å². The predicted octanol–water partition coefficient (Wildman–Crippen LogP) is 9.23. The van der Waals surface area contributed by atoms with Gasteiger partial charge in [-0.25, -0.2) is 4.79 Å². The van der Waals surface area contributed by atoms with Crippen molar-refractivity contribution in [1.29, 1.82) is 0 Å². The summed E-state index contributed by atoms with van der Waals surface area (Å²) in [4.78, 5) is 10.0. The lowest BCUT2D eigenvalue weighted by Crippen LogP contribution is -2.36. The zero-order valence-corrected chi connectivity index (χ0v) is 23.1. The SMILES string of the molecule is CC1(c2ccccc2)CN(c2ccc(C(F)(F)F)c(Cl)c2)N=C1c1ccc(C(F)(F)F)c(Cl)c1.O=C(O)n1cccc1.